The van der Waals surface area contributed by atoms with Gasteiger partial charge in [-0.1, -0.05) is 24.3 Å². The van der Waals surface area contributed by atoms with Crippen molar-refractivity contribution in [1.29, 1.82) is 0 Å². The zero-order chi connectivity index (χ0) is 30.0. The predicted octanol–water partition coefficient (Wildman–Crippen LogP) is 5.24. The fourth-order valence-corrected chi connectivity index (χ4v) is 5.43. The molecule has 2 heterocycles. The van der Waals surface area contributed by atoms with Crippen molar-refractivity contribution in [3.8, 4) is 17.2 Å². The Bertz CT molecular complexity index is 1340. The van der Waals surface area contributed by atoms with E-state index in [1.54, 1.807) is 7.11 Å². The van der Waals surface area contributed by atoms with Crippen molar-refractivity contribution in [2.75, 3.05) is 58.0 Å². The highest BCUT2D eigenvalue weighted by molar-refractivity contribution is 5.84. The number of halogens is 2. The molecule has 2 unspecified atom stereocenters. The fourth-order valence-electron chi connectivity index (χ4n) is 5.43. The third-order valence-corrected chi connectivity index (χ3v) is 7.61. The van der Waals surface area contributed by atoms with Gasteiger partial charge in [0.2, 0.25) is 0 Å². The first-order chi connectivity index (χ1) is 21.0. The number of anilines is 1. The molecule has 5 rings (SSSR count). The summed E-state index contributed by atoms with van der Waals surface area (Å²) in [5, 5.41) is 3.45. The summed E-state index contributed by atoms with van der Waals surface area (Å²) in [6.45, 7) is 4.15. The third kappa shape index (κ3) is 8.22. The summed E-state index contributed by atoms with van der Waals surface area (Å²) in [6, 6.07) is 17.5. The molecule has 10 heteroatoms. The lowest BCUT2D eigenvalue weighted by atomic mass is 9.87. The molecule has 0 saturated carbocycles. The number of fused-ring (bicyclic) bond motifs is 1. The summed E-state index contributed by atoms with van der Waals surface area (Å²) in [4.78, 5) is 14.1. The SMILES string of the molecule is COCCCN1CC(=O)Oc2ccc(COC3CNCCC3c3ccc(OCCCOc4c(F)cccc4F)cc3)cc21. The number of ether oxygens (including phenoxy) is 5. The van der Waals surface area contributed by atoms with E-state index in [1.807, 2.05) is 35.2 Å². The minimum atomic E-state index is -0.716. The number of methoxy groups -OCH3 is 1. The van der Waals surface area contributed by atoms with Crippen molar-refractivity contribution >= 4 is 11.7 Å². The van der Waals surface area contributed by atoms with E-state index in [9.17, 15) is 13.6 Å². The summed E-state index contributed by atoms with van der Waals surface area (Å²) in [7, 11) is 1.67. The van der Waals surface area contributed by atoms with Gasteiger partial charge >= 0.3 is 5.97 Å². The van der Waals surface area contributed by atoms with Gasteiger partial charge < -0.3 is 33.9 Å². The number of carbonyl (C=O) groups is 1. The average molecular weight is 597 g/mol. The molecule has 0 radical (unpaired) electrons. The van der Waals surface area contributed by atoms with Gasteiger partial charge in [0.1, 0.15) is 12.3 Å². The molecule has 3 aromatic carbocycles. The molecule has 0 amide bonds. The van der Waals surface area contributed by atoms with E-state index in [4.69, 9.17) is 23.7 Å². The molecule has 0 spiro atoms. The Balaban J connectivity index is 1.13. The topological polar surface area (TPSA) is 78.5 Å². The Morgan fingerprint density at radius 2 is 1.77 bits per heavy atom. The number of rotatable bonds is 14. The largest absolute Gasteiger partial charge is 0.493 e. The summed E-state index contributed by atoms with van der Waals surface area (Å²) >= 11 is 0. The Labute approximate surface area is 250 Å². The Kier molecular flexibility index (Phi) is 10.8. The zero-order valence-corrected chi connectivity index (χ0v) is 24.4. The summed E-state index contributed by atoms with van der Waals surface area (Å²) in [6.07, 6.45) is 2.23. The van der Waals surface area contributed by atoms with Crippen LogP contribution in [-0.2, 0) is 20.9 Å². The van der Waals surface area contributed by atoms with Crippen LogP contribution in [0.5, 0.6) is 17.2 Å². The van der Waals surface area contributed by atoms with Crippen LogP contribution in [0.2, 0.25) is 0 Å². The smallest absolute Gasteiger partial charge is 0.331 e. The molecular formula is C33H38F2N2O6. The van der Waals surface area contributed by atoms with Crippen LogP contribution in [0.1, 0.15) is 36.3 Å². The van der Waals surface area contributed by atoms with E-state index in [1.165, 1.54) is 23.8 Å². The zero-order valence-electron chi connectivity index (χ0n) is 24.4. The van der Waals surface area contributed by atoms with Gasteiger partial charge in [0.25, 0.3) is 0 Å². The Morgan fingerprint density at radius 3 is 2.56 bits per heavy atom. The van der Waals surface area contributed by atoms with Crippen LogP contribution >= 0.6 is 0 Å². The van der Waals surface area contributed by atoms with Crippen LogP contribution in [0.25, 0.3) is 0 Å². The second-order valence-corrected chi connectivity index (χ2v) is 10.7. The number of benzene rings is 3. The highest BCUT2D eigenvalue weighted by Crippen LogP contribution is 2.34. The number of para-hydroxylation sites is 1. The lowest BCUT2D eigenvalue weighted by Gasteiger charge is -2.33. The van der Waals surface area contributed by atoms with Crippen molar-refractivity contribution in [3.63, 3.8) is 0 Å². The fraction of sp³-hybridized carbons (Fsp3) is 0.424. The van der Waals surface area contributed by atoms with Gasteiger partial charge in [-0.3, -0.25) is 0 Å². The van der Waals surface area contributed by atoms with Crippen LogP contribution in [0.4, 0.5) is 14.5 Å². The molecule has 43 heavy (non-hydrogen) atoms. The Hall–Kier alpha value is -3.73. The van der Waals surface area contributed by atoms with Gasteiger partial charge in [0.05, 0.1) is 31.6 Å². The highest BCUT2D eigenvalue weighted by atomic mass is 19.1. The number of carbonyl (C=O) groups excluding carboxylic acids is 1. The first-order valence-corrected chi connectivity index (χ1v) is 14.7. The molecule has 0 bridgehead atoms. The number of piperidine rings is 1. The van der Waals surface area contributed by atoms with E-state index < -0.39 is 11.6 Å². The molecule has 2 aliphatic heterocycles. The van der Waals surface area contributed by atoms with Gasteiger partial charge in [0, 0.05) is 39.1 Å². The molecular weight excluding hydrogens is 558 g/mol. The molecule has 8 nitrogen and oxygen atoms in total. The van der Waals surface area contributed by atoms with Crippen molar-refractivity contribution in [3.05, 3.63) is 83.4 Å². The maximum absolute atomic E-state index is 13.7. The summed E-state index contributed by atoms with van der Waals surface area (Å²) in [5.41, 5.74) is 3.10. The molecule has 1 fully saturated rings. The number of hydrogen-bond acceptors (Lipinski definition) is 8. The second kappa shape index (κ2) is 15.1. The van der Waals surface area contributed by atoms with Crippen LogP contribution in [0, 0.1) is 11.6 Å². The molecule has 3 aromatic rings. The van der Waals surface area contributed by atoms with Crippen molar-refractivity contribution in [2.45, 2.75) is 37.9 Å². The third-order valence-electron chi connectivity index (χ3n) is 7.61. The monoisotopic (exact) mass is 596 g/mol. The van der Waals surface area contributed by atoms with E-state index >= 15 is 0 Å². The lowest BCUT2D eigenvalue weighted by Crippen LogP contribution is -2.41. The maximum atomic E-state index is 13.7. The van der Waals surface area contributed by atoms with Crippen LogP contribution in [-0.4, -0.2) is 65.2 Å². The van der Waals surface area contributed by atoms with Gasteiger partial charge in [-0.2, -0.15) is 0 Å². The van der Waals surface area contributed by atoms with Crippen molar-refractivity contribution in [1.82, 2.24) is 5.32 Å². The molecule has 2 aliphatic rings. The standard InChI is InChI=1S/C33H38F2N2O6/c1-39-16-3-15-37-21-32(38)43-30-12-7-23(19-29(30)37)22-42-31-20-36-14-13-26(31)24-8-10-25(11-9-24)40-17-4-18-41-33-27(34)5-2-6-28(33)35/h2,5-12,19,26,31,36H,3-4,13-18,20-22H2,1H3. The molecule has 2 atom stereocenters. The molecule has 0 aromatic heterocycles. The van der Waals surface area contributed by atoms with Gasteiger partial charge in [0.15, 0.2) is 23.1 Å². The first-order valence-electron chi connectivity index (χ1n) is 14.7. The normalized spacial score (nSPS) is 18.2. The number of esters is 1. The predicted molar refractivity (Wildman–Crippen MR) is 158 cm³/mol. The average Bonchev–Trinajstić information content (AvgIpc) is 3.02. The minimum absolute atomic E-state index is 0.0110. The molecule has 230 valence electrons. The van der Waals surface area contributed by atoms with Gasteiger partial charge in [-0.15, -0.1) is 0 Å². The van der Waals surface area contributed by atoms with Crippen LogP contribution in [0.3, 0.4) is 0 Å². The number of hydrogen-bond donors (Lipinski definition) is 1. The number of nitrogens with one attached hydrogen (secondary N) is 1. The summed E-state index contributed by atoms with van der Waals surface area (Å²) in [5.74, 6) is -0.530. The molecule has 1 N–H and O–H groups in total. The second-order valence-electron chi connectivity index (χ2n) is 10.7. The van der Waals surface area contributed by atoms with Crippen molar-refractivity contribution < 1.29 is 37.3 Å². The van der Waals surface area contributed by atoms with Crippen LogP contribution < -0.4 is 24.4 Å². The lowest BCUT2D eigenvalue weighted by molar-refractivity contribution is -0.133. The van der Waals surface area contributed by atoms with E-state index in [-0.39, 0.29) is 36.9 Å². The van der Waals surface area contributed by atoms with Crippen LogP contribution in [0.15, 0.2) is 60.7 Å². The quantitative estimate of drug-likeness (QED) is 0.154. The van der Waals surface area contributed by atoms with E-state index in [0.717, 1.165) is 42.9 Å². The van der Waals surface area contributed by atoms with E-state index in [0.29, 0.717) is 38.5 Å². The van der Waals surface area contributed by atoms with Gasteiger partial charge in [-0.05, 0) is 66.9 Å². The number of nitrogens with zero attached hydrogens (tertiary/aromatic N) is 1. The first kappa shape index (κ1) is 30.7. The maximum Gasteiger partial charge on any atom is 0.331 e. The summed E-state index contributed by atoms with van der Waals surface area (Å²) < 4.78 is 55.5. The van der Waals surface area contributed by atoms with Gasteiger partial charge in [-0.25, -0.2) is 13.6 Å². The van der Waals surface area contributed by atoms with E-state index in [2.05, 4.69) is 17.4 Å². The highest BCUT2D eigenvalue weighted by Gasteiger charge is 2.28. The molecule has 1 saturated heterocycles. The van der Waals surface area contributed by atoms with Crippen molar-refractivity contribution in [2.24, 2.45) is 0 Å². The Morgan fingerprint density at radius 1 is 0.977 bits per heavy atom. The molecule has 0 aliphatic carbocycles. The minimum Gasteiger partial charge on any atom is -0.493 e.